The molecule has 1 unspecified atom stereocenters. The first-order valence-electron chi connectivity index (χ1n) is 6.71. The number of rotatable bonds is 4. The van der Waals surface area contributed by atoms with Gasteiger partial charge in [0.15, 0.2) is 5.78 Å². The Morgan fingerprint density at radius 3 is 2.81 bits per heavy atom. The predicted octanol–water partition coefficient (Wildman–Crippen LogP) is 2.72. The fraction of sp³-hybridized carbons (Fsp3) is 0.500. The Balaban J connectivity index is 2.10. The summed E-state index contributed by atoms with van der Waals surface area (Å²) in [6, 6.07) is 4.12. The van der Waals surface area contributed by atoms with Gasteiger partial charge in [0.2, 0.25) is 10.0 Å². The number of sulfonamides is 1. The van der Waals surface area contributed by atoms with Gasteiger partial charge >= 0.3 is 0 Å². The highest BCUT2D eigenvalue weighted by Gasteiger charge is 2.28. The molecule has 1 heterocycles. The molecule has 1 aliphatic rings. The number of ketones is 1. The molecule has 1 atom stereocenters. The Morgan fingerprint density at radius 1 is 1.48 bits per heavy atom. The molecule has 1 aromatic rings. The van der Waals surface area contributed by atoms with Gasteiger partial charge in [-0.3, -0.25) is 4.79 Å². The van der Waals surface area contributed by atoms with Crippen LogP contribution in [0.15, 0.2) is 18.2 Å². The van der Waals surface area contributed by atoms with E-state index in [0.29, 0.717) is 19.5 Å². The molecule has 0 spiro atoms. The number of piperidine rings is 1. The number of carbonyl (C=O) groups excluding carboxylic acids is 1. The molecule has 2 rings (SSSR count). The Hall–Kier alpha value is -0.980. The smallest absolute Gasteiger partial charge is 0.211 e. The van der Waals surface area contributed by atoms with Crippen molar-refractivity contribution in [2.75, 3.05) is 19.3 Å². The molecule has 4 nitrogen and oxygen atoms in total. The molecule has 21 heavy (non-hydrogen) atoms. The van der Waals surface area contributed by atoms with E-state index in [1.54, 1.807) is 0 Å². The lowest BCUT2D eigenvalue weighted by atomic mass is 9.92. The first kappa shape index (κ1) is 16.4. The summed E-state index contributed by atoms with van der Waals surface area (Å²) in [6.45, 7) is 0.778. The lowest BCUT2D eigenvalue weighted by Gasteiger charge is -2.30. The normalized spacial score (nSPS) is 20.4. The van der Waals surface area contributed by atoms with E-state index in [-0.39, 0.29) is 28.7 Å². The van der Waals surface area contributed by atoms with Crippen molar-refractivity contribution in [2.24, 2.45) is 5.92 Å². The van der Waals surface area contributed by atoms with Crippen LogP contribution in [0.5, 0.6) is 0 Å². The third-order valence-corrected chi connectivity index (χ3v) is 5.25. The Kier molecular flexibility index (Phi) is 5.01. The summed E-state index contributed by atoms with van der Waals surface area (Å²) in [4.78, 5) is 12.2. The molecular formula is C14H17ClFNO3S. The van der Waals surface area contributed by atoms with Gasteiger partial charge in [-0.05, 0) is 30.9 Å². The van der Waals surface area contributed by atoms with Crippen LogP contribution in [-0.4, -0.2) is 37.9 Å². The average Bonchev–Trinajstić information content (AvgIpc) is 2.37. The van der Waals surface area contributed by atoms with E-state index in [1.807, 2.05) is 0 Å². The van der Waals surface area contributed by atoms with Gasteiger partial charge in [-0.2, -0.15) is 0 Å². The van der Waals surface area contributed by atoms with Crippen LogP contribution in [-0.2, 0) is 10.0 Å². The molecule has 0 aliphatic carbocycles. The van der Waals surface area contributed by atoms with Gasteiger partial charge in [0.25, 0.3) is 0 Å². The summed E-state index contributed by atoms with van der Waals surface area (Å²) in [7, 11) is -3.25. The fourth-order valence-corrected chi connectivity index (χ4v) is 3.83. The standard InChI is InChI=1S/C14H17ClFNO3S/c1-21(19,20)17-7-3-4-10(9-17)8-13(18)14-11(15)5-2-6-12(14)16/h2,5-6,10H,3-4,7-9H2,1H3. The van der Waals surface area contributed by atoms with E-state index in [1.165, 1.54) is 22.5 Å². The third-order valence-electron chi connectivity index (χ3n) is 3.67. The van der Waals surface area contributed by atoms with E-state index in [9.17, 15) is 17.6 Å². The van der Waals surface area contributed by atoms with Crippen LogP contribution < -0.4 is 0 Å². The SMILES string of the molecule is CS(=O)(=O)N1CCCC(CC(=O)c2c(F)cccc2Cl)C1. The predicted molar refractivity (Wildman–Crippen MR) is 79.5 cm³/mol. The Morgan fingerprint density at radius 2 is 2.19 bits per heavy atom. The number of Topliss-reactive ketones (excluding diaryl/α,β-unsaturated/α-hetero) is 1. The van der Waals surface area contributed by atoms with Crippen LogP contribution >= 0.6 is 11.6 Å². The van der Waals surface area contributed by atoms with Gasteiger partial charge in [0, 0.05) is 19.5 Å². The second-order valence-electron chi connectivity index (χ2n) is 5.35. The maximum atomic E-state index is 13.7. The highest BCUT2D eigenvalue weighted by atomic mass is 35.5. The van der Waals surface area contributed by atoms with Gasteiger partial charge in [0.1, 0.15) is 5.82 Å². The van der Waals surface area contributed by atoms with E-state index < -0.39 is 15.8 Å². The maximum absolute atomic E-state index is 13.7. The molecule has 7 heteroatoms. The molecule has 0 bridgehead atoms. The number of carbonyl (C=O) groups is 1. The van der Waals surface area contributed by atoms with Gasteiger partial charge in [-0.15, -0.1) is 0 Å². The molecule has 1 saturated heterocycles. The zero-order chi connectivity index (χ0) is 15.6. The topological polar surface area (TPSA) is 54.5 Å². The van der Waals surface area contributed by atoms with Crippen LogP contribution in [0.3, 0.4) is 0 Å². The molecular weight excluding hydrogens is 317 g/mol. The molecule has 0 saturated carbocycles. The quantitative estimate of drug-likeness (QED) is 0.796. The van der Waals surface area contributed by atoms with E-state index >= 15 is 0 Å². The van der Waals surface area contributed by atoms with Crippen LogP contribution in [0, 0.1) is 11.7 Å². The minimum Gasteiger partial charge on any atom is -0.294 e. The highest BCUT2D eigenvalue weighted by Crippen LogP contribution is 2.26. The minimum atomic E-state index is -3.25. The molecule has 0 radical (unpaired) electrons. The summed E-state index contributed by atoms with van der Waals surface area (Å²) in [5.41, 5.74) is -0.101. The van der Waals surface area contributed by atoms with Crippen molar-refractivity contribution in [1.29, 1.82) is 0 Å². The molecule has 0 N–H and O–H groups in total. The number of halogens is 2. The van der Waals surface area contributed by atoms with Crippen molar-refractivity contribution in [3.63, 3.8) is 0 Å². The van der Waals surface area contributed by atoms with E-state index in [2.05, 4.69) is 0 Å². The lowest BCUT2D eigenvalue weighted by molar-refractivity contribution is 0.0938. The zero-order valence-electron chi connectivity index (χ0n) is 11.7. The maximum Gasteiger partial charge on any atom is 0.211 e. The van der Waals surface area contributed by atoms with Gasteiger partial charge in [-0.25, -0.2) is 17.1 Å². The molecule has 0 amide bonds. The monoisotopic (exact) mass is 333 g/mol. The minimum absolute atomic E-state index is 0.0933. The highest BCUT2D eigenvalue weighted by molar-refractivity contribution is 7.88. The summed E-state index contributed by atoms with van der Waals surface area (Å²) in [5, 5.41) is 0.0933. The summed E-state index contributed by atoms with van der Waals surface area (Å²) < 4.78 is 38.2. The van der Waals surface area contributed by atoms with Crippen LogP contribution in [0.2, 0.25) is 5.02 Å². The second-order valence-corrected chi connectivity index (χ2v) is 7.74. The van der Waals surface area contributed by atoms with E-state index in [0.717, 1.165) is 12.7 Å². The molecule has 116 valence electrons. The fourth-order valence-electron chi connectivity index (χ4n) is 2.62. The third kappa shape index (κ3) is 4.02. The van der Waals surface area contributed by atoms with Crippen molar-refractivity contribution >= 4 is 27.4 Å². The van der Waals surface area contributed by atoms with Crippen molar-refractivity contribution < 1.29 is 17.6 Å². The lowest BCUT2D eigenvalue weighted by Crippen LogP contribution is -2.39. The zero-order valence-corrected chi connectivity index (χ0v) is 13.3. The Bertz CT molecular complexity index is 627. The Labute approximate surface area is 128 Å². The van der Waals surface area contributed by atoms with Crippen molar-refractivity contribution in [2.45, 2.75) is 19.3 Å². The van der Waals surface area contributed by atoms with Crippen LogP contribution in [0.25, 0.3) is 0 Å². The van der Waals surface area contributed by atoms with Crippen molar-refractivity contribution in [1.82, 2.24) is 4.31 Å². The van der Waals surface area contributed by atoms with Gasteiger partial charge in [0.05, 0.1) is 16.8 Å². The summed E-state index contributed by atoms with van der Waals surface area (Å²) in [6.07, 6.45) is 2.72. The molecule has 0 aromatic heterocycles. The summed E-state index contributed by atoms with van der Waals surface area (Å²) in [5.74, 6) is -1.11. The number of hydrogen-bond donors (Lipinski definition) is 0. The number of nitrogens with zero attached hydrogens (tertiary/aromatic N) is 1. The van der Waals surface area contributed by atoms with Crippen LogP contribution in [0.4, 0.5) is 4.39 Å². The van der Waals surface area contributed by atoms with E-state index in [4.69, 9.17) is 11.6 Å². The second kappa shape index (κ2) is 6.42. The average molecular weight is 334 g/mol. The largest absolute Gasteiger partial charge is 0.294 e. The van der Waals surface area contributed by atoms with Crippen LogP contribution in [0.1, 0.15) is 29.6 Å². The van der Waals surface area contributed by atoms with Gasteiger partial charge < -0.3 is 0 Å². The van der Waals surface area contributed by atoms with Crippen molar-refractivity contribution in [3.05, 3.63) is 34.6 Å². The number of benzene rings is 1. The number of hydrogen-bond acceptors (Lipinski definition) is 3. The molecule has 1 aliphatic heterocycles. The first-order chi connectivity index (χ1) is 9.79. The molecule has 1 fully saturated rings. The summed E-state index contributed by atoms with van der Waals surface area (Å²) >= 11 is 5.88. The first-order valence-corrected chi connectivity index (χ1v) is 8.94. The van der Waals surface area contributed by atoms with Gasteiger partial charge in [-0.1, -0.05) is 17.7 Å². The molecule has 1 aromatic carbocycles. The van der Waals surface area contributed by atoms with Crippen molar-refractivity contribution in [3.8, 4) is 0 Å².